The zero-order chi connectivity index (χ0) is 22.2. The van der Waals surface area contributed by atoms with Crippen LogP contribution in [0.4, 0.5) is 0 Å². The molecule has 1 aromatic heterocycles. The standard InChI is InChI=1S/C27H29N3O2/c1-2-21-14-16-23(17-15-21)32-20-19-30-25-12-7-6-11-24(25)29-26(30)13-8-18-28-27(31)22-9-4-3-5-10-22/h3-7,9-12,14-17H,2,8,13,18-20H2,1H3,(H,28,31). The molecule has 0 spiro atoms. The zero-order valence-corrected chi connectivity index (χ0v) is 18.5. The number of para-hydroxylation sites is 2. The predicted octanol–water partition coefficient (Wildman–Crippen LogP) is 5.04. The number of hydrogen-bond donors (Lipinski definition) is 1. The lowest BCUT2D eigenvalue weighted by molar-refractivity contribution is 0.0953. The molecule has 1 heterocycles. The number of benzene rings is 3. The van der Waals surface area contributed by atoms with E-state index >= 15 is 0 Å². The normalized spacial score (nSPS) is 10.9. The summed E-state index contributed by atoms with van der Waals surface area (Å²) in [7, 11) is 0. The number of nitrogens with one attached hydrogen (secondary N) is 1. The first-order valence-corrected chi connectivity index (χ1v) is 11.2. The Bertz CT molecular complexity index is 1150. The van der Waals surface area contributed by atoms with Crippen LogP contribution in [-0.2, 0) is 19.4 Å². The third-order valence-corrected chi connectivity index (χ3v) is 5.55. The van der Waals surface area contributed by atoms with Gasteiger partial charge in [0.1, 0.15) is 18.2 Å². The Morgan fingerprint density at radius 2 is 1.72 bits per heavy atom. The lowest BCUT2D eigenvalue weighted by Gasteiger charge is -2.11. The van der Waals surface area contributed by atoms with E-state index in [9.17, 15) is 4.79 Å². The van der Waals surface area contributed by atoms with Crippen LogP contribution in [0.5, 0.6) is 5.75 Å². The zero-order valence-electron chi connectivity index (χ0n) is 18.5. The molecule has 0 aliphatic carbocycles. The van der Waals surface area contributed by atoms with Gasteiger partial charge in [0.2, 0.25) is 0 Å². The number of carbonyl (C=O) groups excluding carboxylic acids is 1. The first-order chi connectivity index (χ1) is 15.7. The van der Waals surface area contributed by atoms with Gasteiger partial charge < -0.3 is 14.6 Å². The molecule has 5 heteroatoms. The van der Waals surface area contributed by atoms with E-state index in [2.05, 4.69) is 35.0 Å². The Labute approximate surface area is 189 Å². The summed E-state index contributed by atoms with van der Waals surface area (Å²) in [6.45, 7) is 4.05. The van der Waals surface area contributed by atoms with E-state index in [4.69, 9.17) is 9.72 Å². The number of aryl methyl sites for hydroxylation is 2. The number of fused-ring (bicyclic) bond motifs is 1. The van der Waals surface area contributed by atoms with Crippen LogP contribution < -0.4 is 10.1 Å². The van der Waals surface area contributed by atoms with E-state index in [0.717, 1.165) is 48.4 Å². The van der Waals surface area contributed by atoms with Crippen LogP contribution in [0.2, 0.25) is 0 Å². The van der Waals surface area contributed by atoms with Gasteiger partial charge in [-0.05, 0) is 54.8 Å². The fourth-order valence-corrected chi connectivity index (χ4v) is 3.78. The van der Waals surface area contributed by atoms with Gasteiger partial charge in [-0.3, -0.25) is 4.79 Å². The Balaban J connectivity index is 1.35. The minimum atomic E-state index is -0.0402. The molecule has 0 aliphatic rings. The summed E-state index contributed by atoms with van der Waals surface area (Å²) < 4.78 is 8.21. The topological polar surface area (TPSA) is 56.1 Å². The van der Waals surface area contributed by atoms with Crippen molar-refractivity contribution in [1.82, 2.24) is 14.9 Å². The summed E-state index contributed by atoms with van der Waals surface area (Å²) in [5.41, 5.74) is 4.09. The van der Waals surface area contributed by atoms with E-state index in [1.54, 1.807) is 0 Å². The van der Waals surface area contributed by atoms with Crippen LogP contribution in [0.25, 0.3) is 11.0 Å². The molecule has 3 aromatic carbocycles. The highest BCUT2D eigenvalue weighted by molar-refractivity contribution is 5.94. The van der Waals surface area contributed by atoms with E-state index in [1.807, 2.05) is 60.7 Å². The fourth-order valence-electron chi connectivity index (χ4n) is 3.78. The van der Waals surface area contributed by atoms with Crippen molar-refractivity contribution in [2.45, 2.75) is 32.7 Å². The Morgan fingerprint density at radius 3 is 2.50 bits per heavy atom. The van der Waals surface area contributed by atoms with Gasteiger partial charge in [-0.25, -0.2) is 4.98 Å². The van der Waals surface area contributed by atoms with Gasteiger partial charge in [-0.2, -0.15) is 0 Å². The maximum atomic E-state index is 12.2. The number of ether oxygens (including phenoxy) is 1. The molecule has 4 aromatic rings. The molecule has 1 N–H and O–H groups in total. The molecular weight excluding hydrogens is 398 g/mol. The maximum absolute atomic E-state index is 12.2. The molecule has 164 valence electrons. The average molecular weight is 428 g/mol. The number of imidazole rings is 1. The van der Waals surface area contributed by atoms with Crippen molar-refractivity contribution in [3.63, 3.8) is 0 Å². The van der Waals surface area contributed by atoms with Crippen molar-refractivity contribution in [2.75, 3.05) is 13.2 Å². The summed E-state index contributed by atoms with van der Waals surface area (Å²) in [5.74, 6) is 1.86. The third-order valence-electron chi connectivity index (χ3n) is 5.55. The van der Waals surface area contributed by atoms with E-state index in [-0.39, 0.29) is 5.91 Å². The molecule has 4 rings (SSSR count). The highest BCUT2D eigenvalue weighted by Gasteiger charge is 2.11. The molecule has 1 amide bonds. The van der Waals surface area contributed by atoms with Gasteiger partial charge in [0.15, 0.2) is 0 Å². The van der Waals surface area contributed by atoms with Gasteiger partial charge in [0.05, 0.1) is 17.6 Å². The largest absolute Gasteiger partial charge is 0.492 e. The van der Waals surface area contributed by atoms with Crippen molar-refractivity contribution in [3.05, 3.63) is 95.8 Å². The average Bonchev–Trinajstić information content (AvgIpc) is 3.20. The van der Waals surface area contributed by atoms with Crippen LogP contribution >= 0.6 is 0 Å². The summed E-state index contributed by atoms with van der Waals surface area (Å²) in [4.78, 5) is 17.1. The smallest absolute Gasteiger partial charge is 0.251 e. The lowest BCUT2D eigenvalue weighted by atomic mass is 10.2. The molecule has 5 nitrogen and oxygen atoms in total. The highest BCUT2D eigenvalue weighted by Crippen LogP contribution is 2.18. The van der Waals surface area contributed by atoms with Crippen LogP contribution in [0.3, 0.4) is 0 Å². The molecule has 32 heavy (non-hydrogen) atoms. The maximum Gasteiger partial charge on any atom is 0.251 e. The summed E-state index contributed by atoms with van der Waals surface area (Å²) in [6, 6.07) is 25.8. The number of carbonyl (C=O) groups is 1. The Hall–Kier alpha value is -3.60. The summed E-state index contributed by atoms with van der Waals surface area (Å²) in [5, 5.41) is 3.00. The molecular formula is C27H29N3O2. The number of rotatable bonds is 10. The molecule has 0 saturated heterocycles. The van der Waals surface area contributed by atoms with E-state index in [1.165, 1.54) is 5.56 Å². The predicted molar refractivity (Wildman–Crippen MR) is 128 cm³/mol. The van der Waals surface area contributed by atoms with Crippen molar-refractivity contribution < 1.29 is 9.53 Å². The lowest BCUT2D eigenvalue weighted by Crippen LogP contribution is -2.25. The first-order valence-electron chi connectivity index (χ1n) is 11.2. The van der Waals surface area contributed by atoms with E-state index in [0.29, 0.717) is 18.7 Å². The van der Waals surface area contributed by atoms with Crippen LogP contribution in [0.1, 0.15) is 35.1 Å². The third kappa shape index (κ3) is 5.35. The van der Waals surface area contributed by atoms with Crippen LogP contribution in [0, 0.1) is 0 Å². The fraction of sp³-hybridized carbons (Fsp3) is 0.259. The highest BCUT2D eigenvalue weighted by atomic mass is 16.5. The molecule has 0 unspecified atom stereocenters. The van der Waals surface area contributed by atoms with Crippen molar-refractivity contribution in [3.8, 4) is 5.75 Å². The quantitative estimate of drug-likeness (QED) is 0.361. The number of aromatic nitrogens is 2. The molecule has 0 bridgehead atoms. The summed E-state index contributed by atoms with van der Waals surface area (Å²) >= 11 is 0. The molecule has 0 atom stereocenters. The monoisotopic (exact) mass is 427 g/mol. The Morgan fingerprint density at radius 1 is 0.969 bits per heavy atom. The minimum Gasteiger partial charge on any atom is -0.492 e. The van der Waals surface area contributed by atoms with Gasteiger partial charge >= 0.3 is 0 Å². The molecule has 0 fully saturated rings. The SMILES string of the molecule is CCc1ccc(OCCn2c(CCCNC(=O)c3ccccc3)nc3ccccc32)cc1. The Kier molecular flexibility index (Phi) is 7.18. The van der Waals surface area contributed by atoms with Crippen molar-refractivity contribution in [1.29, 1.82) is 0 Å². The van der Waals surface area contributed by atoms with Crippen molar-refractivity contribution >= 4 is 16.9 Å². The van der Waals surface area contributed by atoms with Gasteiger partial charge in [-0.15, -0.1) is 0 Å². The first kappa shape index (κ1) is 21.6. The molecule has 0 saturated carbocycles. The van der Waals surface area contributed by atoms with E-state index < -0.39 is 0 Å². The van der Waals surface area contributed by atoms with Gasteiger partial charge in [0.25, 0.3) is 5.91 Å². The second kappa shape index (κ2) is 10.6. The van der Waals surface area contributed by atoms with Crippen LogP contribution in [-0.4, -0.2) is 28.6 Å². The van der Waals surface area contributed by atoms with Gasteiger partial charge in [0, 0.05) is 18.5 Å². The summed E-state index contributed by atoms with van der Waals surface area (Å²) in [6.07, 6.45) is 2.63. The molecule has 0 radical (unpaired) electrons. The van der Waals surface area contributed by atoms with Gasteiger partial charge in [-0.1, -0.05) is 49.4 Å². The number of nitrogens with zero attached hydrogens (tertiary/aromatic N) is 2. The second-order valence-electron chi connectivity index (χ2n) is 7.74. The number of amides is 1. The minimum absolute atomic E-state index is 0.0402. The number of hydrogen-bond acceptors (Lipinski definition) is 3. The molecule has 0 aliphatic heterocycles. The van der Waals surface area contributed by atoms with Crippen molar-refractivity contribution in [2.24, 2.45) is 0 Å². The van der Waals surface area contributed by atoms with Crippen LogP contribution in [0.15, 0.2) is 78.9 Å². The second-order valence-corrected chi connectivity index (χ2v) is 7.74.